The first-order chi connectivity index (χ1) is 6.47. The van der Waals surface area contributed by atoms with Gasteiger partial charge in [-0.25, -0.2) is 0 Å². The highest BCUT2D eigenvalue weighted by Gasteiger charge is 2.15. The van der Waals surface area contributed by atoms with Gasteiger partial charge in [-0.05, 0) is 21.0 Å². The lowest BCUT2D eigenvalue weighted by molar-refractivity contribution is -0.139. The maximum Gasteiger partial charge on any atom is 0.320 e. The third-order valence-electron chi connectivity index (χ3n) is 1.74. The molecule has 1 N–H and O–H groups in total. The summed E-state index contributed by atoms with van der Waals surface area (Å²) < 4.78 is 4.59. The summed E-state index contributed by atoms with van der Waals surface area (Å²) >= 11 is 3.25. The molecule has 0 aliphatic heterocycles. The van der Waals surface area contributed by atoms with Crippen molar-refractivity contribution in [2.24, 2.45) is 0 Å². The maximum absolute atomic E-state index is 11.0. The maximum atomic E-state index is 11.0. The van der Waals surface area contributed by atoms with Gasteiger partial charge in [0.1, 0.15) is 4.83 Å². The molecule has 84 valence electrons. The molecule has 0 heterocycles. The Balaban J connectivity index is 3.65. The first-order valence-electron chi connectivity index (χ1n) is 4.57. The molecule has 0 fully saturated rings. The van der Waals surface area contributed by atoms with Crippen LogP contribution < -0.4 is 5.32 Å². The van der Waals surface area contributed by atoms with E-state index < -0.39 is 0 Å². The SMILES string of the molecule is COC(=O)C(Br)CNC(C)CN(C)C. The fourth-order valence-electron chi connectivity index (χ4n) is 1.13. The zero-order chi connectivity index (χ0) is 11.1. The van der Waals surface area contributed by atoms with Crippen molar-refractivity contribution in [2.45, 2.75) is 17.8 Å². The van der Waals surface area contributed by atoms with Crippen molar-refractivity contribution in [3.63, 3.8) is 0 Å². The quantitative estimate of drug-likeness (QED) is 0.561. The molecule has 0 radical (unpaired) electrons. The van der Waals surface area contributed by atoms with Crippen LogP contribution in [0.25, 0.3) is 0 Å². The molecule has 0 aliphatic carbocycles. The minimum Gasteiger partial charge on any atom is -0.468 e. The normalized spacial score (nSPS) is 15.3. The summed E-state index contributed by atoms with van der Waals surface area (Å²) in [6.07, 6.45) is 0. The second kappa shape index (κ2) is 7.20. The highest BCUT2D eigenvalue weighted by atomic mass is 79.9. The van der Waals surface area contributed by atoms with Crippen LogP contribution in [0.2, 0.25) is 0 Å². The Morgan fingerprint density at radius 3 is 2.57 bits per heavy atom. The fraction of sp³-hybridized carbons (Fsp3) is 0.889. The molecule has 2 unspecified atom stereocenters. The van der Waals surface area contributed by atoms with Gasteiger partial charge in [0.15, 0.2) is 0 Å². The number of methoxy groups -OCH3 is 1. The molecular formula is C9H19BrN2O2. The third-order valence-corrected chi connectivity index (χ3v) is 2.44. The van der Waals surface area contributed by atoms with Crippen LogP contribution in [-0.2, 0) is 9.53 Å². The van der Waals surface area contributed by atoms with Crippen LogP contribution >= 0.6 is 15.9 Å². The lowest BCUT2D eigenvalue weighted by Crippen LogP contribution is -2.40. The molecule has 0 aromatic carbocycles. The first kappa shape index (κ1) is 13.9. The number of nitrogens with zero attached hydrogens (tertiary/aromatic N) is 1. The molecule has 0 rings (SSSR count). The van der Waals surface area contributed by atoms with E-state index in [9.17, 15) is 4.79 Å². The molecule has 14 heavy (non-hydrogen) atoms. The second-order valence-corrected chi connectivity index (χ2v) is 4.67. The summed E-state index contributed by atoms with van der Waals surface area (Å²) in [6, 6.07) is 0.356. The average molecular weight is 267 g/mol. The van der Waals surface area contributed by atoms with Crippen LogP contribution in [0.4, 0.5) is 0 Å². The molecule has 0 spiro atoms. The van der Waals surface area contributed by atoms with E-state index in [1.165, 1.54) is 7.11 Å². The van der Waals surface area contributed by atoms with E-state index in [1.807, 2.05) is 14.1 Å². The van der Waals surface area contributed by atoms with Gasteiger partial charge in [-0.15, -0.1) is 0 Å². The second-order valence-electron chi connectivity index (χ2n) is 3.56. The minimum absolute atomic E-state index is 0.241. The molecule has 0 aromatic heterocycles. The van der Waals surface area contributed by atoms with Crippen LogP contribution in [0, 0.1) is 0 Å². The van der Waals surface area contributed by atoms with Gasteiger partial charge in [0.05, 0.1) is 7.11 Å². The predicted molar refractivity (Wildman–Crippen MR) is 60.7 cm³/mol. The lowest BCUT2D eigenvalue weighted by atomic mass is 10.3. The van der Waals surface area contributed by atoms with Gasteiger partial charge in [0.25, 0.3) is 0 Å². The number of alkyl halides is 1. The molecule has 0 saturated carbocycles. The number of carbonyl (C=O) groups excluding carboxylic acids is 1. The topological polar surface area (TPSA) is 41.6 Å². The van der Waals surface area contributed by atoms with Crippen molar-refractivity contribution < 1.29 is 9.53 Å². The van der Waals surface area contributed by atoms with Crippen LogP contribution in [-0.4, -0.2) is 56.0 Å². The first-order valence-corrected chi connectivity index (χ1v) is 5.49. The largest absolute Gasteiger partial charge is 0.468 e. The Morgan fingerprint density at radius 1 is 1.57 bits per heavy atom. The summed E-state index contributed by atoms with van der Waals surface area (Å²) in [6.45, 7) is 3.61. The Bertz CT molecular complexity index is 176. The van der Waals surface area contributed by atoms with Gasteiger partial charge in [-0.2, -0.15) is 0 Å². The monoisotopic (exact) mass is 266 g/mol. The number of nitrogens with one attached hydrogen (secondary N) is 1. The Kier molecular flexibility index (Phi) is 7.13. The van der Waals surface area contributed by atoms with Crippen molar-refractivity contribution in [2.75, 3.05) is 34.3 Å². The van der Waals surface area contributed by atoms with Crippen molar-refractivity contribution in [1.82, 2.24) is 10.2 Å². The van der Waals surface area contributed by atoms with Gasteiger partial charge < -0.3 is 15.0 Å². The van der Waals surface area contributed by atoms with Gasteiger partial charge >= 0.3 is 5.97 Å². The van der Waals surface area contributed by atoms with Crippen molar-refractivity contribution in [1.29, 1.82) is 0 Å². The average Bonchev–Trinajstić information content (AvgIpc) is 2.11. The van der Waals surface area contributed by atoms with Crippen molar-refractivity contribution in [3.05, 3.63) is 0 Å². The molecule has 0 saturated heterocycles. The van der Waals surface area contributed by atoms with E-state index in [2.05, 4.69) is 37.8 Å². The van der Waals surface area contributed by atoms with Crippen LogP contribution in [0.5, 0.6) is 0 Å². The van der Waals surface area contributed by atoms with Crippen molar-refractivity contribution >= 4 is 21.9 Å². The molecule has 0 amide bonds. The van der Waals surface area contributed by atoms with Crippen LogP contribution in [0.1, 0.15) is 6.92 Å². The molecule has 4 nitrogen and oxygen atoms in total. The Labute approximate surface area is 94.1 Å². The van der Waals surface area contributed by atoms with E-state index in [0.717, 1.165) is 6.54 Å². The highest BCUT2D eigenvalue weighted by Crippen LogP contribution is 2.00. The fourth-order valence-corrected chi connectivity index (χ4v) is 1.50. The van der Waals surface area contributed by atoms with E-state index >= 15 is 0 Å². The van der Waals surface area contributed by atoms with Gasteiger partial charge in [0.2, 0.25) is 0 Å². The van der Waals surface area contributed by atoms with Gasteiger partial charge in [-0.3, -0.25) is 4.79 Å². The summed E-state index contributed by atoms with van der Waals surface area (Å²) in [5.41, 5.74) is 0. The third kappa shape index (κ3) is 6.34. The Morgan fingerprint density at radius 2 is 2.14 bits per heavy atom. The molecule has 0 aliphatic rings. The molecule has 0 bridgehead atoms. The van der Waals surface area contributed by atoms with E-state index in [0.29, 0.717) is 12.6 Å². The number of halogens is 1. The zero-order valence-electron chi connectivity index (χ0n) is 9.21. The number of carbonyl (C=O) groups is 1. The number of hydrogen-bond donors (Lipinski definition) is 1. The highest BCUT2D eigenvalue weighted by molar-refractivity contribution is 9.10. The zero-order valence-corrected chi connectivity index (χ0v) is 10.8. The minimum atomic E-state index is -0.267. The molecule has 0 aromatic rings. The standard InChI is InChI=1S/C9H19BrN2O2/c1-7(6-12(2)3)11-5-8(10)9(13)14-4/h7-8,11H,5-6H2,1-4H3. The van der Waals surface area contributed by atoms with Crippen molar-refractivity contribution in [3.8, 4) is 0 Å². The van der Waals surface area contributed by atoms with Crippen LogP contribution in [0.15, 0.2) is 0 Å². The summed E-state index contributed by atoms with van der Waals surface area (Å²) in [4.78, 5) is 12.9. The molecule has 2 atom stereocenters. The predicted octanol–water partition coefficient (Wildman–Crippen LogP) is 0.463. The lowest BCUT2D eigenvalue weighted by Gasteiger charge is -2.19. The smallest absolute Gasteiger partial charge is 0.320 e. The summed E-state index contributed by atoms with van der Waals surface area (Å²) in [7, 11) is 5.42. The number of hydrogen-bond acceptors (Lipinski definition) is 4. The van der Waals surface area contributed by atoms with E-state index in [4.69, 9.17) is 0 Å². The Hall–Kier alpha value is -0.130. The number of esters is 1. The molecular weight excluding hydrogens is 248 g/mol. The van der Waals surface area contributed by atoms with E-state index in [-0.39, 0.29) is 10.8 Å². The number of likely N-dealkylation sites (N-methyl/N-ethyl adjacent to an activating group) is 1. The van der Waals surface area contributed by atoms with E-state index in [1.54, 1.807) is 0 Å². The van der Waals surface area contributed by atoms with Crippen LogP contribution in [0.3, 0.4) is 0 Å². The van der Waals surface area contributed by atoms with Gasteiger partial charge in [0, 0.05) is 19.1 Å². The number of ether oxygens (including phenoxy) is 1. The summed E-state index contributed by atoms with van der Waals surface area (Å²) in [5, 5.41) is 3.24. The number of rotatable bonds is 6. The summed E-state index contributed by atoms with van der Waals surface area (Å²) in [5.74, 6) is -0.241. The molecule has 5 heteroatoms. The van der Waals surface area contributed by atoms with Gasteiger partial charge in [-0.1, -0.05) is 15.9 Å².